The summed E-state index contributed by atoms with van der Waals surface area (Å²) < 4.78 is 0. The molecule has 0 aliphatic heterocycles. The van der Waals surface area contributed by atoms with Gasteiger partial charge in [-0.1, -0.05) is 32.9 Å². The van der Waals surface area contributed by atoms with Crippen molar-refractivity contribution < 1.29 is 0 Å². The van der Waals surface area contributed by atoms with Gasteiger partial charge in [0.25, 0.3) is 0 Å². The molecule has 2 rings (SSSR count). The molecule has 0 amide bonds. The van der Waals surface area contributed by atoms with Crippen molar-refractivity contribution in [1.29, 1.82) is 0 Å². The van der Waals surface area contributed by atoms with Crippen molar-refractivity contribution >= 4 is 10.9 Å². The molecular formula is C15H19N. The summed E-state index contributed by atoms with van der Waals surface area (Å²) in [7, 11) is 0. The number of hydrogen-bond donors (Lipinski definition) is 0. The van der Waals surface area contributed by atoms with E-state index < -0.39 is 0 Å². The van der Waals surface area contributed by atoms with Gasteiger partial charge in [0.15, 0.2) is 0 Å². The number of rotatable bonds is 0. The third-order valence-corrected chi connectivity index (χ3v) is 3.09. The lowest BCUT2D eigenvalue weighted by Gasteiger charge is -2.22. The first-order valence-corrected chi connectivity index (χ1v) is 5.77. The maximum absolute atomic E-state index is 4.56. The minimum Gasteiger partial charge on any atom is -0.253 e. The van der Waals surface area contributed by atoms with E-state index in [9.17, 15) is 0 Å². The second kappa shape index (κ2) is 3.58. The quantitative estimate of drug-likeness (QED) is 0.640. The summed E-state index contributed by atoms with van der Waals surface area (Å²) in [4.78, 5) is 4.56. The number of hydrogen-bond acceptors (Lipinski definition) is 1. The molecule has 1 heterocycles. The minimum absolute atomic E-state index is 0.198. The molecule has 1 heteroatoms. The predicted molar refractivity (Wildman–Crippen MR) is 69.9 cm³/mol. The maximum Gasteiger partial charge on any atom is 0.0708 e. The third-order valence-electron chi connectivity index (χ3n) is 3.09. The first-order chi connectivity index (χ1) is 7.39. The lowest BCUT2D eigenvalue weighted by Crippen LogP contribution is -2.13. The van der Waals surface area contributed by atoms with Crippen LogP contribution in [0.15, 0.2) is 24.3 Å². The predicted octanol–water partition coefficient (Wildman–Crippen LogP) is 4.15. The third kappa shape index (κ3) is 1.82. The fourth-order valence-electron chi connectivity index (χ4n) is 2.27. The maximum atomic E-state index is 4.56. The van der Waals surface area contributed by atoms with Gasteiger partial charge in [-0.3, -0.25) is 4.98 Å². The van der Waals surface area contributed by atoms with Gasteiger partial charge in [0, 0.05) is 11.1 Å². The van der Waals surface area contributed by atoms with Crippen molar-refractivity contribution in [3.63, 3.8) is 0 Å². The van der Waals surface area contributed by atoms with Crippen molar-refractivity contribution in [3.8, 4) is 0 Å². The van der Waals surface area contributed by atoms with Crippen LogP contribution in [0.5, 0.6) is 0 Å². The van der Waals surface area contributed by atoms with E-state index in [1.165, 1.54) is 16.5 Å². The van der Waals surface area contributed by atoms with Crippen LogP contribution in [0.4, 0.5) is 0 Å². The molecule has 1 nitrogen and oxygen atoms in total. The van der Waals surface area contributed by atoms with E-state index in [0.29, 0.717) is 0 Å². The Bertz CT molecular complexity index is 533. The molecule has 0 radical (unpaired) electrons. The van der Waals surface area contributed by atoms with Gasteiger partial charge < -0.3 is 0 Å². The van der Waals surface area contributed by atoms with Crippen molar-refractivity contribution in [2.24, 2.45) is 0 Å². The summed E-state index contributed by atoms with van der Waals surface area (Å²) in [5.41, 5.74) is 5.15. The molecule has 0 aliphatic carbocycles. The summed E-state index contributed by atoms with van der Waals surface area (Å²) in [6, 6.07) is 8.62. The molecule has 0 unspecified atom stereocenters. The molecule has 16 heavy (non-hydrogen) atoms. The Morgan fingerprint density at radius 2 is 1.62 bits per heavy atom. The van der Waals surface area contributed by atoms with Gasteiger partial charge in [0.2, 0.25) is 0 Å². The zero-order chi connectivity index (χ0) is 11.9. The van der Waals surface area contributed by atoms with E-state index >= 15 is 0 Å². The van der Waals surface area contributed by atoms with Crippen molar-refractivity contribution in [1.82, 2.24) is 4.98 Å². The van der Waals surface area contributed by atoms with Crippen LogP contribution < -0.4 is 0 Å². The Balaban J connectivity index is 2.75. The van der Waals surface area contributed by atoms with Crippen LogP contribution in [0.2, 0.25) is 0 Å². The Hall–Kier alpha value is -1.37. The molecule has 2 aromatic rings. The number of benzene rings is 1. The number of nitrogens with zero attached hydrogens (tertiary/aromatic N) is 1. The lowest BCUT2D eigenvalue weighted by molar-refractivity contribution is 0.587. The first-order valence-electron chi connectivity index (χ1n) is 5.77. The fraction of sp³-hybridized carbons (Fsp3) is 0.400. The number of aromatic nitrogens is 1. The highest BCUT2D eigenvalue weighted by molar-refractivity contribution is 5.83. The Morgan fingerprint density at radius 1 is 0.938 bits per heavy atom. The van der Waals surface area contributed by atoms with E-state index in [1.807, 2.05) is 6.92 Å². The summed E-state index contributed by atoms with van der Waals surface area (Å²) >= 11 is 0. The van der Waals surface area contributed by atoms with Crippen molar-refractivity contribution in [2.45, 2.75) is 40.0 Å². The number of aryl methyl sites for hydroxylation is 2. The van der Waals surface area contributed by atoms with E-state index in [2.05, 4.69) is 56.9 Å². The molecule has 0 aliphatic rings. The molecular weight excluding hydrogens is 194 g/mol. The van der Waals surface area contributed by atoms with Crippen molar-refractivity contribution in [2.75, 3.05) is 0 Å². The molecule has 1 aromatic heterocycles. The molecule has 0 N–H and O–H groups in total. The number of fused-ring (bicyclic) bond motifs is 1. The second-order valence-electron chi connectivity index (χ2n) is 5.51. The second-order valence-corrected chi connectivity index (χ2v) is 5.51. The topological polar surface area (TPSA) is 12.9 Å². The fourth-order valence-corrected chi connectivity index (χ4v) is 2.27. The van der Waals surface area contributed by atoms with Crippen LogP contribution in [0.25, 0.3) is 10.9 Å². The van der Waals surface area contributed by atoms with Crippen LogP contribution >= 0.6 is 0 Å². The Kier molecular flexibility index (Phi) is 2.49. The van der Waals surface area contributed by atoms with E-state index in [1.54, 1.807) is 0 Å². The minimum atomic E-state index is 0.198. The van der Waals surface area contributed by atoms with Gasteiger partial charge in [-0.15, -0.1) is 0 Å². The van der Waals surface area contributed by atoms with Crippen LogP contribution in [-0.4, -0.2) is 4.98 Å². The highest BCUT2D eigenvalue weighted by atomic mass is 14.7. The summed E-state index contributed by atoms with van der Waals surface area (Å²) in [6.07, 6.45) is 0. The molecule has 0 bridgehead atoms. The van der Waals surface area contributed by atoms with Crippen LogP contribution in [0, 0.1) is 13.8 Å². The summed E-state index contributed by atoms with van der Waals surface area (Å²) in [6.45, 7) is 11.0. The highest BCUT2D eigenvalue weighted by Crippen LogP contribution is 2.30. The summed E-state index contributed by atoms with van der Waals surface area (Å²) in [5, 5.41) is 1.28. The average Bonchev–Trinajstić information content (AvgIpc) is 2.15. The molecule has 0 atom stereocenters. The van der Waals surface area contributed by atoms with E-state index in [-0.39, 0.29) is 5.41 Å². The first kappa shape index (κ1) is 11.1. The molecule has 0 spiro atoms. The van der Waals surface area contributed by atoms with Crippen LogP contribution in [-0.2, 0) is 5.41 Å². The van der Waals surface area contributed by atoms with Gasteiger partial charge in [-0.05, 0) is 42.5 Å². The van der Waals surface area contributed by atoms with Crippen molar-refractivity contribution in [3.05, 3.63) is 41.1 Å². The SMILES string of the molecule is Cc1ccc2c(C)c(C(C)(C)C)ccc2n1. The Labute approximate surface area is 97.5 Å². The highest BCUT2D eigenvalue weighted by Gasteiger charge is 2.17. The van der Waals surface area contributed by atoms with Gasteiger partial charge in [-0.2, -0.15) is 0 Å². The van der Waals surface area contributed by atoms with E-state index in [0.717, 1.165) is 11.2 Å². The average molecular weight is 213 g/mol. The zero-order valence-electron chi connectivity index (χ0n) is 10.8. The lowest BCUT2D eigenvalue weighted by atomic mass is 9.83. The molecule has 0 saturated heterocycles. The van der Waals surface area contributed by atoms with Gasteiger partial charge in [0.1, 0.15) is 0 Å². The standard InChI is InChI=1S/C15H19N/c1-10-6-7-12-11(2)13(15(3,4)5)8-9-14(12)16-10/h6-9H,1-5H3. The molecule has 0 saturated carbocycles. The Morgan fingerprint density at radius 3 is 2.25 bits per heavy atom. The number of pyridine rings is 1. The summed E-state index contributed by atoms with van der Waals surface area (Å²) in [5.74, 6) is 0. The van der Waals surface area contributed by atoms with Gasteiger partial charge in [0.05, 0.1) is 5.52 Å². The van der Waals surface area contributed by atoms with Gasteiger partial charge in [-0.25, -0.2) is 0 Å². The van der Waals surface area contributed by atoms with Crippen LogP contribution in [0.1, 0.15) is 37.6 Å². The van der Waals surface area contributed by atoms with E-state index in [4.69, 9.17) is 0 Å². The molecule has 84 valence electrons. The molecule has 0 fully saturated rings. The normalized spacial score (nSPS) is 12.1. The largest absolute Gasteiger partial charge is 0.253 e. The van der Waals surface area contributed by atoms with Gasteiger partial charge >= 0.3 is 0 Å². The zero-order valence-corrected chi connectivity index (χ0v) is 10.8. The smallest absolute Gasteiger partial charge is 0.0708 e. The monoisotopic (exact) mass is 213 g/mol. The van der Waals surface area contributed by atoms with Crippen LogP contribution in [0.3, 0.4) is 0 Å². The molecule has 1 aromatic carbocycles.